The molecule has 2 heteroatoms. The Labute approximate surface area is 120 Å². The van der Waals surface area contributed by atoms with Crippen molar-refractivity contribution in [3.63, 3.8) is 0 Å². The first-order chi connectivity index (χ1) is 9.17. The number of rotatable bonds is 7. The monoisotopic (exact) mass is 266 g/mol. The quantitative estimate of drug-likeness (QED) is 0.758. The number of hydrogen-bond acceptors (Lipinski definition) is 2. The Morgan fingerprint density at radius 1 is 1.16 bits per heavy atom. The molecule has 112 valence electrons. The third kappa shape index (κ3) is 4.19. The van der Waals surface area contributed by atoms with E-state index in [0.717, 1.165) is 11.8 Å². The van der Waals surface area contributed by atoms with Gasteiger partial charge in [-0.3, -0.25) is 0 Å². The maximum Gasteiger partial charge on any atom is 0.00501 e. The Bertz CT molecular complexity index is 252. The molecular formula is C17H34N2. The van der Waals surface area contributed by atoms with E-state index in [9.17, 15) is 0 Å². The highest BCUT2D eigenvalue weighted by molar-refractivity contribution is 4.89. The first kappa shape index (κ1) is 15.3. The third-order valence-corrected chi connectivity index (χ3v) is 5.63. The van der Waals surface area contributed by atoms with Gasteiger partial charge >= 0.3 is 0 Å². The van der Waals surface area contributed by atoms with E-state index >= 15 is 0 Å². The van der Waals surface area contributed by atoms with E-state index < -0.39 is 0 Å². The molecule has 2 fully saturated rings. The van der Waals surface area contributed by atoms with Crippen molar-refractivity contribution >= 4 is 0 Å². The lowest BCUT2D eigenvalue weighted by Crippen LogP contribution is -2.47. The summed E-state index contributed by atoms with van der Waals surface area (Å²) >= 11 is 0. The predicted octanol–water partition coefficient (Wildman–Crippen LogP) is 3.52. The van der Waals surface area contributed by atoms with Crippen molar-refractivity contribution in [3.8, 4) is 0 Å². The average Bonchev–Trinajstić information content (AvgIpc) is 2.36. The van der Waals surface area contributed by atoms with Crippen LogP contribution in [0, 0.1) is 17.3 Å². The molecule has 0 heterocycles. The van der Waals surface area contributed by atoms with Crippen molar-refractivity contribution in [3.05, 3.63) is 0 Å². The van der Waals surface area contributed by atoms with Crippen molar-refractivity contribution in [1.29, 1.82) is 0 Å². The molecule has 1 N–H and O–H groups in total. The Morgan fingerprint density at radius 3 is 2.32 bits per heavy atom. The molecular weight excluding hydrogens is 232 g/mol. The Hall–Kier alpha value is -0.0800. The van der Waals surface area contributed by atoms with Gasteiger partial charge in [0.25, 0.3) is 0 Å². The van der Waals surface area contributed by atoms with E-state index in [1.165, 1.54) is 71.1 Å². The fourth-order valence-electron chi connectivity index (χ4n) is 3.96. The maximum absolute atomic E-state index is 3.48. The normalized spacial score (nSPS) is 32.5. The van der Waals surface area contributed by atoms with Gasteiger partial charge in [0, 0.05) is 19.6 Å². The van der Waals surface area contributed by atoms with Gasteiger partial charge in [0.2, 0.25) is 0 Å². The van der Waals surface area contributed by atoms with Crippen LogP contribution in [-0.2, 0) is 0 Å². The van der Waals surface area contributed by atoms with Gasteiger partial charge in [-0.25, -0.2) is 0 Å². The zero-order valence-electron chi connectivity index (χ0n) is 13.4. The van der Waals surface area contributed by atoms with Crippen LogP contribution in [0.5, 0.6) is 0 Å². The van der Waals surface area contributed by atoms with Crippen molar-refractivity contribution in [2.45, 2.75) is 58.8 Å². The van der Waals surface area contributed by atoms with Gasteiger partial charge in [-0.05, 0) is 56.5 Å². The van der Waals surface area contributed by atoms with Crippen LogP contribution >= 0.6 is 0 Å². The minimum atomic E-state index is 0.557. The summed E-state index contributed by atoms with van der Waals surface area (Å²) in [6, 6.07) is 0. The summed E-state index contributed by atoms with van der Waals surface area (Å²) in [6.45, 7) is 9.90. The first-order valence-electron chi connectivity index (χ1n) is 8.54. The molecule has 0 radical (unpaired) electrons. The molecule has 0 aromatic carbocycles. The zero-order valence-corrected chi connectivity index (χ0v) is 13.4. The number of hydrogen-bond donors (Lipinski definition) is 1. The van der Waals surface area contributed by atoms with E-state index in [0.29, 0.717) is 5.41 Å². The summed E-state index contributed by atoms with van der Waals surface area (Å²) in [5.74, 6) is 1.96. The van der Waals surface area contributed by atoms with Crippen LogP contribution in [0.4, 0.5) is 0 Å². The van der Waals surface area contributed by atoms with Crippen LogP contribution in [0.15, 0.2) is 0 Å². The molecule has 0 saturated heterocycles. The van der Waals surface area contributed by atoms with Gasteiger partial charge in [-0.15, -0.1) is 0 Å². The summed E-state index contributed by atoms with van der Waals surface area (Å²) in [6.07, 6.45) is 10.2. The lowest BCUT2D eigenvalue weighted by atomic mass is 9.70. The lowest BCUT2D eigenvalue weighted by Gasteiger charge is -2.44. The van der Waals surface area contributed by atoms with Crippen molar-refractivity contribution in [1.82, 2.24) is 10.2 Å². The minimum Gasteiger partial charge on any atom is -0.319 e. The second kappa shape index (κ2) is 7.08. The van der Waals surface area contributed by atoms with E-state index in [1.807, 2.05) is 0 Å². The summed E-state index contributed by atoms with van der Waals surface area (Å²) in [4.78, 5) is 2.75. The summed E-state index contributed by atoms with van der Waals surface area (Å²) in [5, 5.41) is 3.48. The predicted molar refractivity (Wildman–Crippen MR) is 83.4 cm³/mol. The molecule has 0 amide bonds. The van der Waals surface area contributed by atoms with Crippen molar-refractivity contribution in [2.75, 3.05) is 33.2 Å². The highest BCUT2D eigenvalue weighted by Gasteiger charge is 2.35. The second-order valence-corrected chi connectivity index (χ2v) is 7.34. The lowest BCUT2D eigenvalue weighted by molar-refractivity contribution is 0.0725. The Kier molecular flexibility index (Phi) is 5.70. The molecule has 2 aliphatic rings. The van der Waals surface area contributed by atoms with E-state index in [2.05, 4.69) is 31.1 Å². The highest BCUT2D eigenvalue weighted by Crippen LogP contribution is 2.39. The van der Waals surface area contributed by atoms with Gasteiger partial charge in [0.1, 0.15) is 0 Å². The van der Waals surface area contributed by atoms with Gasteiger partial charge in [-0.1, -0.05) is 33.1 Å². The van der Waals surface area contributed by atoms with Crippen molar-refractivity contribution in [2.24, 2.45) is 17.3 Å². The summed E-state index contributed by atoms with van der Waals surface area (Å²) < 4.78 is 0. The molecule has 0 unspecified atom stereocenters. The fourth-order valence-corrected chi connectivity index (χ4v) is 3.96. The maximum atomic E-state index is 3.48. The highest BCUT2D eigenvalue weighted by atomic mass is 15.1. The molecule has 0 atom stereocenters. The molecule has 0 aromatic heterocycles. The van der Waals surface area contributed by atoms with Crippen LogP contribution in [0.1, 0.15) is 58.8 Å². The number of nitrogens with zero attached hydrogens (tertiary/aromatic N) is 1. The van der Waals surface area contributed by atoms with Crippen LogP contribution in [-0.4, -0.2) is 38.1 Å². The van der Waals surface area contributed by atoms with Crippen LogP contribution in [0.2, 0.25) is 0 Å². The van der Waals surface area contributed by atoms with Gasteiger partial charge < -0.3 is 10.2 Å². The zero-order chi connectivity index (χ0) is 13.7. The number of nitrogens with one attached hydrogen (secondary N) is 1. The SMILES string of the molecule is CCN(CC1CCC1)CC1(CNC)CCC(C)CC1. The molecule has 2 saturated carbocycles. The van der Waals surface area contributed by atoms with Gasteiger partial charge in [-0.2, -0.15) is 0 Å². The molecule has 0 aromatic rings. The summed E-state index contributed by atoms with van der Waals surface area (Å²) in [7, 11) is 2.13. The third-order valence-electron chi connectivity index (χ3n) is 5.63. The Morgan fingerprint density at radius 2 is 1.84 bits per heavy atom. The van der Waals surface area contributed by atoms with Crippen LogP contribution in [0.25, 0.3) is 0 Å². The van der Waals surface area contributed by atoms with Gasteiger partial charge in [0.05, 0.1) is 0 Å². The molecule has 2 aliphatic carbocycles. The molecule has 0 bridgehead atoms. The van der Waals surface area contributed by atoms with Gasteiger partial charge in [0.15, 0.2) is 0 Å². The molecule has 2 rings (SSSR count). The largest absolute Gasteiger partial charge is 0.319 e. The van der Waals surface area contributed by atoms with Crippen LogP contribution < -0.4 is 5.32 Å². The first-order valence-corrected chi connectivity index (χ1v) is 8.54. The average molecular weight is 266 g/mol. The smallest absolute Gasteiger partial charge is 0.00501 e. The summed E-state index contributed by atoms with van der Waals surface area (Å²) in [5.41, 5.74) is 0.557. The molecule has 0 spiro atoms. The molecule has 2 nitrogen and oxygen atoms in total. The second-order valence-electron chi connectivity index (χ2n) is 7.34. The van der Waals surface area contributed by atoms with Crippen LogP contribution in [0.3, 0.4) is 0 Å². The fraction of sp³-hybridized carbons (Fsp3) is 1.00. The topological polar surface area (TPSA) is 15.3 Å². The van der Waals surface area contributed by atoms with E-state index in [1.54, 1.807) is 0 Å². The standard InChI is InChI=1S/C17H34N2/c1-4-19(12-16-6-5-7-16)14-17(13-18-3)10-8-15(2)9-11-17/h15-16,18H,4-14H2,1-3H3. The molecule has 0 aliphatic heterocycles. The molecule has 19 heavy (non-hydrogen) atoms. The van der Waals surface area contributed by atoms with E-state index in [-0.39, 0.29) is 0 Å². The van der Waals surface area contributed by atoms with Crippen molar-refractivity contribution < 1.29 is 0 Å². The minimum absolute atomic E-state index is 0.557. The van der Waals surface area contributed by atoms with E-state index in [4.69, 9.17) is 0 Å². The Balaban J connectivity index is 1.89.